The Morgan fingerprint density at radius 3 is 2.17 bits per heavy atom. The fraction of sp³-hybridized carbons (Fsp3) is 0.200. The molecule has 2 N–H and O–H groups in total. The van der Waals surface area contributed by atoms with Crippen LogP contribution in [-0.2, 0) is 0 Å². The van der Waals surface area contributed by atoms with Crippen molar-refractivity contribution in [2.24, 2.45) is 5.73 Å². The van der Waals surface area contributed by atoms with Gasteiger partial charge in [0, 0.05) is 36.3 Å². The zero-order chi connectivity index (χ0) is 16.4. The molecule has 0 saturated carbocycles. The fourth-order valence-electron chi connectivity index (χ4n) is 3.06. The summed E-state index contributed by atoms with van der Waals surface area (Å²) in [6, 6.07) is 22.7. The molecule has 0 bridgehead atoms. The highest BCUT2D eigenvalue weighted by Gasteiger charge is 2.21. The van der Waals surface area contributed by atoms with Crippen LogP contribution in [0.1, 0.15) is 6.42 Å². The van der Waals surface area contributed by atoms with E-state index in [9.17, 15) is 0 Å². The average Bonchev–Trinajstić information content (AvgIpc) is 3.09. The molecule has 4 heteroatoms. The smallest absolute Gasteiger partial charge is 0.162 e. The van der Waals surface area contributed by atoms with Crippen LogP contribution in [0.3, 0.4) is 0 Å². The summed E-state index contributed by atoms with van der Waals surface area (Å²) in [4.78, 5) is 11.9. The lowest BCUT2D eigenvalue weighted by molar-refractivity contribution is 0.751. The maximum absolute atomic E-state index is 6.08. The molecule has 4 rings (SSSR count). The molecule has 24 heavy (non-hydrogen) atoms. The Hall–Kier alpha value is -2.72. The van der Waals surface area contributed by atoms with Gasteiger partial charge in [-0.15, -0.1) is 0 Å². The van der Waals surface area contributed by atoms with Crippen molar-refractivity contribution in [1.29, 1.82) is 0 Å². The number of hydrogen-bond acceptors (Lipinski definition) is 4. The molecule has 3 aromatic rings. The number of rotatable bonds is 3. The Morgan fingerprint density at radius 1 is 0.875 bits per heavy atom. The number of aromatic nitrogens is 2. The Balaban J connectivity index is 1.82. The van der Waals surface area contributed by atoms with Crippen LogP contribution < -0.4 is 10.6 Å². The molecule has 1 aliphatic heterocycles. The van der Waals surface area contributed by atoms with Crippen LogP contribution in [0.15, 0.2) is 66.7 Å². The molecule has 1 aromatic heterocycles. The van der Waals surface area contributed by atoms with E-state index in [1.165, 1.54) is 0 Å². The van der Waals surface area contributed by atoms with E-state index in [0.29, 0.717) is 0 Å². The summed E-state index contributed by atoms with van der Waals surface area (Å²) < 4.78 is 0. The van der Waals surface area contributed by atoms with Crippen molar-refractivity contribution in [3.8, 4) is 22.6 Å². The van der Waals surface area contributed by atoms with Crippen molar-refractivity contribution >= 4 is 5.82 Å². The highest BCUT2D eigenvalue weighted by Crippen LogP contribution is 2.27. The summed E-state index contributed by atoms with van der Waals surface area (Å²) in [6.07, 6.45) is 1.01. The summed E-state index contributed by atoms with van der Waals surface area (Å²) in [5.74, 6) is 1.71. The molecule has 0 radical (unpaired) electrons. The first kappa shape index (κ1) is 14.8. The molecule has 1 atom stereocenters. The second kappa shape index (κ2) is 6.42. The van der Waals surface area contributed by atoms with Gasteiger partial charge in [-0.1, -0.05) is 60.7 Å². The monoisotopic (exact) mass is 316 g/mol. The molecule has 120 valence electrons. The molecule has 0 amide bonds. The molecule has 1 aliphatic rings. The lowest BCUT2D eigenvalue weighted by atomic mass is 10.1. The highest BCUT2D eigenvalue weighted by molar-refractivity contribution is 5.68. The van der Waals surface area contributed by atoms with Crippen LogP contribution in [0, 0.1) is 0 Å². The van der Waals surface area contributed by atoms with E-state index in [1.807, 2.05) is 48.5 Å². The lowest BCUT2D eigenvalue weighted by Crippen LogP contribution is -2.27. The summed E-state index contributed by atoms with van der Waals surface area (Å²) in [5, 5.41) is 0. The quantitative estimate of drug-likeness (QED) is 0.805. The van der Waals surface area contributed by atoms with Crippen LogP contribution in [0.5, 0.6) is 0 Å². The minimum atomic E-state index is 0.223. The van der Waals surface area contributed by atoms with Crippen molar-refractivity contribution in [2.75, 3.05) is 18.0 Å². The highest BCUT2D eigenvalue weighted by atomic mass is 15.2. The number of nitrogens with two attached hydrogens (primary N) is 1. The standard InChI is InChI=1S/C20H20N4/c21-17-11-12-24(14-17)19-13-18(15-7-3-1-4-8-15)22-20(23-19)16-9-5-2-6-10-16/h1-10,13,17H,11-12,14,21H2. The van der Waals surface area contributed by atoms with Crippen molar-refractivity contribution in [3.05, 3.63) is 66.7 Å². The topological polar surface area (TPSA) is 55.0 Å². The van der Waals surface area contributed by atoms with E-state index < -0.39 is 0 Å². The van der Waals surface area contributed by atoms with E-state index in [1.54, 1.807) is 0 Å². The van der Waals surface area contributed by atoms with Gasteiger partial charge in [0.15, 0.2) is 5.82 Å². The molecule has 2 aromatic carbocycles. The first-order chi connectivity index (χ1) is 11.8. The van der Waals surface area contributed by atoms with Gasteiger partial charge in [-0.25, -0.2) is 9.97 Å². The number of nitrogens with zero attached hydrogens (tertiary/aromatic N) is 3. The van der Waals surface area contributed by atoms with E-state index >= 15 is 0 Å². The Labute approximate surface area is 142 Å². The number of benzene rings is 2. The first-order valence-corrected chi connectivity index (χ1v) is 8.30. The molecule has 0 aliphatic carbocycles. The van der Waals surface area contributed by atoms with Crippen LogP contribution in [0.25, 0.3) is 22.6 Å². The molecule has 0 spiro atoms. The average molecular weight is 316 g/mol. The fourth-order valence-corrected chi connectivity index (χ4v) is 3.06. The van der Waals surface area contributed by atoms with Gasteiger partial charge in [0.2, 0.25) is 0 Å². The third kappa shape index (κ3) is 3.01. The van der Waals surface area contributed by atoms with Gasteiger partial charge in [-0.05, 0) is 6.42 Å². The van der Waals surface area contributed by atoms with Gasteiger partial charge in [0.25, 0.3) is 0 Å². The number of hydrogen-bond donors (Lipinski definition) is 1. The van der Waals surface area contributed by atoms with Crippen LogP contribution >= 0.6 is 0 Å². The summed E-state index contributed by atoms with van der Waals surface area (Å²) in [6.45, 7) is 1.79. The molecule has 2 heterocycles. The second-order valence-corrected chi connectivity index (χ2v) is 6.16. The zero-order valence-electron chi connectivity index (χ0n) is 13.5. The zero-order valence-corrected chi connectivity index (χ0v) is 13.5. The van der Waals surface area contributed by atoms with Crippen molar-refractivity contribution < 1.29 is 0 Å². The molecule has 1 saturated heterocycles. The van der Waals surface area contributed by atoms with Crippen LogP contribution in [0.2, 0.25) is 0 Å². The van der Waals surface area contributed by atoms with E-state index in [-0.39, 0.29) is 6.04 Å². The SMILES string of the molecule is NC1CCN(c2cc(-c3ccccc3)nc(-c3ccccc3)n2)C1. The lowest BCUT2D eigenvalue weighted by Gasteiger charge is -2.18. The van der Waals surface area contributed by atoms with E-state index in [2.05, 4.69) is 23.1 Å². The van der Waals surface area contributed by atoms with Gasteiger partial charge in [0.1, 0.15) is 5.82 Å². The van der Waals surface area contributed by atoms with Gasteiger partial charge in [0.05, 0.1) is 5.69 Å². The maximum atomic E-state index is 6.08. The Morgan fingerprint density at radius 2 is 1.54 bits per heavy atom. The van der Waals surface area contributed by atoms with Gasteiger partial charge in [-0.2, -0.15) is 0 Å². The Kier molecular flexibility index (Phi) is 3.97. The predicted molar refractivity (Wildman–Crippen MR) is 97.7 cm³/mol. The predicted octanol–water partition coefficient (Wildman–Crippen LogP) is 3.35. The largest absolute Gasteiger partial charge is 0.355 e. The van der Waals surface area contributed by atoms with Crippen LogP contribution in [-0.4, -0.2) is 29.1 Å². The second-order valence-electron chi connectivity index (χ2n) is 6.16. The van der Waals surface area contributed by atoms with Gasteiger partial charge in [-0.3, -0.25) is 0 Å². The molecular weight excluding hydrogens is 296 g/mol. The van der Waals surface area contributed by atoms with Gasteiger partial charge < -0.3 is 10.6 Å². The minimum Gasteiger partial charge on any atom is -0.355 e. The minimum absolute atomic E-state index is 0.223. The van der Waals surface area contributed by atoms with Crippen molar-refractivity contribution in [2.45, 2.75) is 12.5 Å². The third-order valence-corrected chi connectivity index (χ3v) is 4.36. The molecule has 4 nitrogen and oxygen atoms in total. The Bertz CT molecular complexity index is 760. The third-order valence-electron chi connectivity index (χ3n) is 4.36. The van der Waals surface area contributed by atoms with E-state index in [4.69, 9.17) is 15.7 Å². The summed E-state index contributed by atoms with van der Waals surface area (Å²) in [5.41, 5.74) is 9.15. The van der Waals surface area contributed by atoms with Crippen molar-refractivity contribution in [3.63, 3.8) is 0 Å². The van der Waals surface area contributed by atoms with Gasteiger partial charge >= 0.3 is 0 Å². The normalized spacial score (nSPS) is 17.2. The summed E-state index contributed by atoms with van der Waals surface area (Å²) in [7, 11) is 0. The number of anilines is 1. The summed E-state index contributed by atoms with van der Waals surface area (Å²) >= 11 is 0. The molecule has 1 fully saturated rings. The molecule has 1 unspecified atom stereocenters. The van der Waals surface area contributed by atoms with E-state index in [0.717, 1.165) is 48.0 Å². The van der Waals surface area contributed by atoms with Crippen LogP contribution in [0.4, 0.5) is 5.82 Å². The van der Waals surface area contributed by atoms with Crippen molar-refractivity contribution in [1.82, 2.24) is 9.97 Å². The maximum Gasteiger partial charge on any atom is 0.162 e. The first-order valence-electron chi connectivity index (χ1n) is 8.30. The molecular formula is C20H20N4.